The van der Waals surface area contributed by atoms with Crippen LogP contribution in [-0.4, -0.2) is 28.7 Å². The van der Waals surface area contributed by atoms with Crippen LogP contribution in [0, 0.1) is 0 Å². The van der Waals surface area contributed by atoms with Gasteiger partial charge in [-0.05, 0) is 24.3 Å². The van der Waals surface area contributed by atoms with Crippen LogP contribution in [0.4, 0.5) is 5.82 Å². The molecule has 23 heavy (non-hydrogen) atoms. The van der Waals surface area contributed by atoms with Crippen LogP contribution in [-0.2, 0) is 13.1 Å². The largest absolute Gasteiger partial charge is 0.497 e. The molecule has 2 heterocycles. The third kappa shape index (κ3) is 2.83. The highest BCUT2D eigenvalue weighted by molar-refractivity contribution is 6.04. The Morgan fingerprint density at radius 2 is 2.04 bits per heavy atom. The number of fused-ring (bicyclic) bond motifs is 1. The maximum Gasteiger partial charge on any atom is 0.256 e. The summed E-state index contributed by atoms with van der Waals surface area (Å²) < 4.78 is 6.46. The van der Waals surface area contributed by atoms with Gasteiger partial charge in [-0.3, -0.25) is 9.59 Å². The average molecular weight is 314 g/mol. The van der Waals surface area contributed by atoms with Crippen LogP contribution in [0.2, 0.25) is 0 Å². The summed E-state index contributed by atoms with van der Waals surface area (Å²) in [6.45, 7) is 2.95. The molecule has 0 atom stereocenters. The molecule has 0 radical (unpaired) electrons. The zero-order chi connectivity index (χ0) is 16.4. The van der Waals surface area contributed by atoms with E-state index in [0.29, 0.717) is 36.6 Å². The van der Waals surface area contributed by atoms with Crippen molar-refractivity contribution in [3.8, 4) is 5.75 Å². The van der Waals surface area contributed by atoms with Gasteiger partial charge >= 0.3 is 0 Å². The fourth-order valence-corrected chi connectivity index (χ4v) is 2.54. The molecular formula is C16H18N4O3. The number of rotatable bonds is 4. The Bertz CT molecular complexity index is 749. The number of nitrogens with zero attached hydrogens (tertiary/aromatic N) is 2. The second kappa shape index (κ2) is 6.21. The molecule has 0 aliphatic carbocycles. The molecule has 2 N–H and O–H groups in total. The summed E-state index contributed by atoms with van der Waals surface area (Å²) in [6.07, 6.45) is 0.361. The van der Waals surface area contributed by atoms with Gasteiger partial charge in [-0.1, -0.05) is 6.92 Å². The van der Waals surface area contributed by atoms with Gasteiger partial charge in [0.1, 0.15) is 5.75 Å². The van der Waals surface area contributed by atoms with E-state index in [1.165, 1.54) is 4.68 Å². The quantitative estimate of drug-likeness (QED) is 0.899. The van der Waals surface area contributed by atoms with Crippen molar-refractivity contribution in [2.75, 3.05) is 12.4 Å². The number of ether oxygens (including phenoxy) is 1. The number of hydrogen-bond donors (Lipinski definition) is 2. The minimum atomic E-state index is -0.268. The van der Waals surface area contributed by atoms with E-state index in [1.54, 1.807) is 38.3 Å². The van der Waals surface area contributed by atoms with Crippen molar-refractivity contribution in [3.63, 3.8) is 0 Å². The number of nitrogens with one attached hydrogen (secondary N) is 2. The first-order valence-electron chi connectivity index (χ1n) is 7.44. The molecule has 0 fully saturated rings. The number of carbonyl (C=O) groups is 2. The summed E-state index contributed by atoms with van der Waals surface area (Å²) >= 11 is 0. The number of carbonyl (C=O) groups excluding carboxylic acids is 2. The molecule has 0 unspecified atom stereocenters. The van der Waals surface area contributed by atoms with Crippen LogP contribution >= 0.6 is 0 Å². The monoisotopic (exact) mass is 314 g/mol. The fraction of sp³-hybridized carbons (Fsp3) is 0.312. The zero-order valence-electron chi connectivity index (χ0n) is 13.0. The van der Waals surface area contributed by atoms with Crippen LogP contribution in [0.3, 0.4) is 0 Å². The summed E-state index contributed by atoms with van der Waals surface area (Å²) in [4.78, 5) is 24.3. The van der Waals surface area contributed by atoms with Crippen LogP contribution in [0.5, 0.6) is 5.75 Å². The van der Waals surface area contributed by atoms with Gasteiger partial charge in [-0.25, -0.2) is 4.68 Å². The average Bonchev–Trinajstić information content (AvgIpc) is 3.18. The van der Waals surface area contributed by atoms with Gasteiger partial charge in [0.25, 0.3) is 5.91 Å². The van der Waals surface area contributed by atoms with Crippen LogP contribution < -0.4 is 15.4 Å². The van der Waals surface area contributed by atoms with Crippen molar-refractivity contribution in [2.24, 2.45) is 0 Å². The summed E-state index contributed by atoms with van der Waals surface area (Å²) in [5.41, 5.74) is 2.19. The lowest BCUT2D eigenvalue weighted by Gasteiger charge is -2.05. The first-order valence-corrected chi connectivity index (χ1v) is 7.44. The SMILES string of the molecule is CCC(=O)n1nc(NC(=O)c2ccc(OC)cc2)c2c1CNC2. The molecule has 0 saturated heterocycles. The third-order valence-electron chi connectivity index (χ3n) is 3.81. The first-order chi connectivity index (χ1) is 11.1. The van der Waals surface area contributed by atoms with Crippen molar-refractivity contribution in [1.29, 1.82) is 0 Å². The van der Waals surface area contributed by atoms with Crippen LogP contribution in [0.25, 0.3) is 0 Å². The topological polar surface area (TPSA) is 85.2 Å². The molecule has 0 spiro atoms. The Kier molecular flexibility index (Phi) is 4.12. The Balaban J connectivity index is 1.85. The number of benzene rings is 1. The van der Waals surface area contributed by atoms with Gasteiger partial charge < -0.3 is 15.4 Å². The van der Waals surface area contributed by atoms with E-state index in [9.17, 15) is 9.59 Å². The minimum absolute atomic E-state index is 0.0881. The predicted molar refractivity (Wildman–Crippen MR) is 84.6 cm³/mol. The van der Waals surface area contributed by atoms with Gasteiger partial charge in [-0.15, -0.1) is 5.10 Å². The molecule has 1 aromatic carbocycles. The molecule has 7 nitrogen and oxygen atoms in total. The van der Waals surface area contributed by atoms with E-state index < -0.39 is 0 Å². The summed E-state index contributed by atoms with van der Waals surface area (Å²) in [5.74, 6) is 0.767. The van der Waals surface area contributed by atoms with Gasteiger partial charge in [-0.2, -0.15) is 0 Å². The molecule has 1 aliphatic rings. The molecule has 1 aromatic heterocycles. The lowest BCUT2D eigenvalue weighted by molar-refractivity contribution is 0.0888. The van der Waals surface area contributed by atoms with Crippen molar-refractivity contribution in [2.45, 2.75) is 26.4 Å². The van der Waals surface area contributed by atoms with E-state index in [4.69, 9.17) is 4.74 Å². The van der Waals surface area contributed by atoms with E-state index in [2.05, 4.69) is 15.7 Å². The highest BCUT2D eigenvalue weighted by Crippen LogP contribution is 2.24. The molecule has 2 aromatic rings. The highest BCUT2D eigenvalue weighted by Gasteiger charge is 2.25. The van der Waals surface area contributed by atoms with Gasteiger partial charge in [0, 0.05) is 30.6 Å². The Hall–Kier alpha value is -2.67. The Morgan fingerprint density at radius 1 is 1.30 bits per heavy atom. The molecular weight excluding hydrogens is 296 g/mol. The molecule has 0 saturated carbocycles. The normalized spacial score (nSPS) is 12.8. The minimum Gasteiger partial charge on any atom is -0.497 e. The number of methoxy groups -OCH3 is 1. The number of hydrogen-bond acceptors (Lipinski definition) is 5. The highest BCUT2D eigenvalue weighted by atomic mass is 16.5. The van der Waals surface area contributed by atoms with Gasteiger partial charge in [0.15, 0.2) is 5.82 Å². The number of aromatic nitrogens is 2. The number of amides is 1. The molecule has 0 bridgehead atoms. The third-order valence-corrected chi connectivity index (χ3v) is 3.81. The molecule has 3 rings (SSSR count). The second-order valence-corrected chi connectivity index (χ2v) is 5.22. The Labute approximate surface area is 133 Å². The standard InChI is InChI=1S/C16H18N4O3/c1-3-14(21)20-13-9-17-8-12(13)15(19-20)18-16(22)10-4-6-11(23-2)7-5-10/h4-7,17H,3,8-9H2,1-2H3,(H,18,19,22). The lowest BCUT2D eigenvalue weighted by atomic mass is 10.2. The molecule has 1 amide bonds. The zero-order valence-corrected chi connectivity index (χ0v) is 13.0. The van der Waals surface area contributed by atoms with Gasteiger partial charge in [0.05, 0.1) is 12.8 Å². The lowest BCUT2D eigenvalue weighted by Crippen LogP contribution is -2.18. The van der Waals surface area contributed by atoms with Crippen molar-refractivity contribution >= 4 is 17.6 Å². The van der Waals surface area contributed by atoms with Crippen LogP contribution in [0.15, 0.2) is 24.3 Å². The molecule has 120 valence electrons. The van der Waals surface area contributed by atoms with Crippen molar-refractivity contribution in [1.82, 2.24) is 15.1 Å². The van der Waals surface area contributed by atoms with E-state index in [1.807, 2.05) is 0 Å². The fourth-order valence-electron chi connectivity index (χ4n) is 2.54. The van der Waals surface area contributed by atoms with Gasteiger partial charge in [0.2, 0.25) is 5.91 Å². The first kappa shape index (κ1) is 15.2. The summed E-state index contributed by atoms with van der Waals surface area (Å²) in [5, 5.41) is 10.2. The maximum absolute atomic E-state index is 12.4. The smallest absolute Gasteiger partial charge is 0.256 e. The summed E-state index contributed by atoms with van der Waals surface area (Å²) in [7, 11) is 1.57. The predicted octanol–water partition coefficient (Wildman–Crippen LogP) is 1.80. The Morgan fingerprint density at radius 3 is 2.70 bits per heavy atom. The van der Waals surface area contributed by atoms with E-state index in [-0.39, 0.29) is 11.8 Å². The summed E-state index contributed by atoms with van der Waals surface area (Å²) in [6, 6.07) is 6.81. The van der Waals surface area contributed by atoms with Crippen LogP contribution in [0.1, 0.15) is 39.8 Å². The number of anilines is 1. The van der Waals surface area contributed by atoms with Crippen molar-refractivity contribution in [3.05, 3.63) is 41.1 Å². The molecule has 1 aliphatic heterocycles. The maximum atomic E-state index is 12.4. The molecule has 7 heteroatoms. The van der Waals surface area contributed by atoms with E-state index in [0.717, 1.165) is 11.3 Å². The van der Waals surface area contributed by atoms with E-state index >= 15 is 0 Å². The second-order valence-electron chi connectivity index (χ2n) is 5.22. The van der Waals surface area contributed by atoms with Crippen molar-refractivity contribution < 1.29 is 14.3 Å².